The molecule has 0 atom stereocenters. The van der Waals surface area contributed by atoms with Crippen molar-refractivity contribution in [3.8, 4) is 0 Å². The van der Waals surface area contributed by atoms with Crippen LogP contribution in [0.4, 0.5) is 10.0 Å². The van der Waals surface area contributed by atoms with Gasteiger partial charge in [0.15, 0.2) is 0 Å². The molecule has 0 saturated carbocycles. The molecular weight excluding hydrogens is 272 g/mol. The van der Waals surface area contributed by atoms with E-state index in [0.717, 1.165) is 31.5 Å². The minimum atomic E-state index is -0.253. The Labute approximate surface area is 117 Å². The van der Waals surface area contributed by atoms with E-state index in [0.29, 0.717) is 23.1 Å². The molecule has 6 heteroatoms. The third-order valence-electron chi connectivity index (χ3n) is 3.62. The van der Waals surface area contributed by atoms with Crippen LogP contribution < -0.4 is 23.0 Å². The highest BCUT2D eigenvalue weighted by Gasteiger charge is 2.37. The normalized spacial score (nSPS) is 17.3. The summed E-state index contributed by atoms with van der Waals surface area (Å²) in [6, 6.07) is 0. The van der Waals surface area contributed by atoms with E-state index < -0.39 is 0 Å². The molecule has 0 unspecified atom stereocenters. The van der Waals surface area contributed by atoms with E-state index in [4.69, 9.17) is 10.5 Å². The minimum absolute atomic E-state index is 0. The first-order valence-electron chi connectivity index (χ1n) is 6.06. The first kappa shape index (κ1) is 13.5. The van der Waals surface area contributed by atoms with Crippen LogP contribution in [0.5, 0.6) is 0 Å². The van der Waals surface area contributed by atoms with Crippen LogP contribution in [0.15, 0.2) is 0 Å². The van der Waals surface area contributed by atoms with Crippen LogP contribution in [0.25, 0.3) is 0 Å². The third kappa shape index (κ3) is 1.86. The highest BCUT2D eigenvalue weighted by atomic mass is 35.5. The van der Waals surface area contributed by atoms with Gasteiger partial charge in [-0.25, -0.2) is 4.79 Å². The van der Waals surface area contributed by atoms with Crippen LogP contribution in [0, 0.1) is 0 Å². The number of nitrogens with two attached hydrogens (primary N) is 1. The molecule has 2 bridgehead atoms. The Balaban J connectivity index is 0.00000120. The number of hydrogen-bond acceptors (Lipinski definition) is 5. The van der Waals surface area contributed by atoms with E-state index >= 15 is 0 Å². The molecule has 0 aliphatic carbocycles. The van der Waals surface area contributed by atoms with Crippen molar-refractivity contribution < 1.29 is 21.9 Å². The van der Waals surface area contributed by atoms with E-state index in [1.165, 1.54) is 16.3 Å². The molecule has 3 aliphatic rings. The lowest BCUT2D eigenvalue weighted by Crippen LogP contribution is -3.00. The Morgan fingerprint density at radius 1 is 1.50 bits per heavy atom. The van der Waals surface area contributed by atoms with E-state index in [1.807, 2.05) is 6.92 Å². The fraction of sp³-hybridized carbons (Fsp3) is 0.583. The smallest absolute Gasteiger partial charge is 0.341 e. The van der Waals surface area contributed by atoms with Gasteiger partial charge >= 0.3 is 5.97 Å². The SMILES string of the molecule is CCOC(=O)c1c(N)sc2c1C1CCN2CC1.[Cl-]. The summed E-state index contributed by atoms with van der Waals surface area (Å²) in [7, 11) is 0. The van der Waals surface area contributed by atoms with Crippen molar-refractivity contribution in [2.75, 3.05) is 30.3 Å². The standard InChI is InChI=1S/C12H16N2O2S.ClH/c1-2-16-12(15)9-8-7-3-5-14(6-4-7)11(8)17-10(9)13;/h7H,2-6,13H2,1H3;1H/p-1. The highest BCUT2D eigenvalue weighted by Crippen LogP contribution is 2.50. The zero-order chi connectivity index (χ0) is 12.0. The number of nitrogens with zero attached hydrogens (tertiary/aromatic N) is 1. The lowest BCUT2D eigenvalue weighted by atomic mass is 9.84. The fourth-order valence-electron chi connectivity index (χ4n) is 2.85. The van der Waals surface area contributed by atoms with Gasteiger partial charge in [0.25, 0.3) is 0 Å². The Kier molecular flexibility index (Phi) is 3.73. The number of halogens is 1. The number of anilines is 2. The number of hydrogen-bond donors (Lipinski definition) is 1. The summed E-state index contributed by atoms with van der Waals surface area (Å²) in [5.74, 6) is 0.249. The molecule has 0 radical (unpaired) electrons. The van der Waals surface area contributed by atoms with Crippen molar-refractivity contribution >= 4 is 27.3 Å². The van der Waals surface area contributed by atoms with Gasteiger partial charge in [-0.2, -0.15) is 0 Å². The van der Waals surface area contributed by atoms with Crippen molar-refractivity contribution in [2.24, 2.45) is 0 Å². The van der Waals surface area contributed by atoms with Gasteiger partial charge in [-0.05, 0) is 25.7 Å². The number of carbonyl (C=O) groups is 1. The van der Waals surface area contributed by atoms with Gasteiger partial charge in [0.05, 0.1) is 17.2 Å². The van der Waals surface area contributed by atoms with Crippen LogP contribution in [0.3, 0.4) is 0 Å². The maximum atomic E-state index is 12.0. The average Bonchev–Trinajstić information content (AvgIpc) is 2.69. The maximum Gasteiger partial charge on any atom is 0.341 e. The number of fused-ring (bicyclic) bond motifs is 2. The van der Waals surface area contributed by atoms with Gasteiger partial charge in [0.2, 0.25) is 0 Å². The number of esters is 1. The number of rotatable bonds is 2. The number of thiophene rings is 1. The van der Waals surface area contributed by atoms with Crippen LogP contribution in [-0.4, -0.2) is 25.7 Å². The molecule has 1 aromatic rings. The number of nitrogen functional groups attached to an aromatic ring is 1. The molecule has 1 saturated heterocycles. The molecular formula is C12H16ClN2O2S-. The topological polar surface area (TPSA) is 55.6 Å². The summed E-state index contributed by atoms with van der Waals surface area (Å²) in [6.07, 6.45) is 2.27. The molecule has 1 fully saturated rings. The largest absolute Gasteiger partial charge is 1.00 e. The summed E-state index contributed by atoms with van der Waals surface area (Å²) in [5, 5.41) is 1.82. The third-order valence-corrected chi connectivity index (χ3v) is 4.72. The summed E-state index contributed by atoms with van der Waals surface area (Å²) in [6.45, 7) is 4.42. The molecule has 4 rings (SSSR count). The van der Waals surface area contributed by atoms with Crippen LogP contribution in [-0.2, 0) is 4.74 Å². The van der Waals surface area contributed by atoms with Crippen molar-refractivity contribution in [1.29, 1.82) is 0 Å². The Morgan fingerprint density at radius 3 is 2.78 bits per heavy atom. The fourth-order valence-corrected chi connectivity index (χ4v) is 4.04. The minimum Gasteiger partial charge on any atom is -1.00 e. The van der Waals surface area contributed by atoms with Gasteiger partial charge < -0.3 is 27.8 Å². The van der Waals surface area contributed by atoms with Gasteiger partial charge in [-0.15, -0.1) is 11.3 Å². The van der Waals surface area contributed by atoms with Gasteiger partial charge in [-0.1, -0.05) is 0 Å². The predicted octanol–water partition coefficient (Wildman–Crippen LogP) is -0.792. The Bertz CT molecular complexity index is 467. The second-order valence-electron chi connectivity index (χ2n) is 4.54. The first-order valence-corrected chi connectivity index (χ1v) is 6.88. The van der Waals surface area contributed by atoms with Crippen LogP contribution in [0.1, 0.15) is 41.6 Å². The summed E-state index contributed by atoms with van der Waals surface area (Å²) in [4.78, 5) is 14.3. The van der Waals surface area contributed by atoms with Crippen molar-refractivity contribution in [3.05, 3.63) is 11.1 Å². The molecule has 0 aromatic carbocycles. The second kappa shape index (κ2) is 4.97. The molecule has 3 aliphatic heterocycles. The maximum absolute atomic E-state index is 12.0. The summed E-state index contributed by atoms with van der Waals surface area (Å²) in [5.41, 5.74) is 7.79. The average molecular weight is 288 g/mol. The lowest BCUT2D eigenvalue weighted by Gasteiger charge is -2.40. The monoisotopic (exact) mass is 287 g/mol. The second-order valence-corrected chi connectivity index (χ2v) is 5.57. The molecule has 0 amide bonds. The number of ether oxygens (including phenoxy) is 1. The first-order chi connectivity index (χ1) is 8.22. The lowest BCUT2D eigenvalue weighted by molar-refractivity contribution is -0.0000217. The number of carbonyl (C=O) groups excluding carboxylic acids is 1. The van der Waals surface area contributed by atoms with Crippen LogP contribution >= 0.6 is 11.3 Å². The summed E-state index contributed by atoms with van der Waals surface area (Å²) < 4.78 is 5.11. The van der Waals surface area contributed by atoms with Crippen molar-refractivity contribution in [2.45, 2.75) is 25.7 Å². The Hall–Kier alpha value is -0.940. The molecule has 1 aromatic heterocycles. The highest BCUT2D eigenvalue weighted by molar-refractivity contribution is 7.20. The molecule has 4 nitrogen and oxygen atoms in total. The number of piperidine rings is 1. The molecule has 100 valence electrons. The van der Waals surface area contributed by atoms with E-state index in [-0.39, 0.29) is 18.4 Å². The van der Waals surface area contributed by atoms with E-state index in [9.17, 15) is 4.79 Å². The van der Waals surface area contributed by atoms with Crippen molar-refractivity contribution in [3.63, 3.8) is 0 Å². The quantitative estimate of drug-likeness (QED) is 0.725. The Morgan fingerprint density at radius 2 is 2.17 bits per heavy atom. The van der Waals surface area contributed by atoms with E-state index in [1.54, 1.807) is 0 Å². The molecule has 0 spiro atoms. The molecule has 4 heterocycles. The van der Waals surface area contributed by atoms with Crippen LogP contribution in [0.2, 0.25) is 0 Å². The molecule has 2 N–H and O–H groups in total. The zero-order valence-electron chi connectivity index (χ0n) is 10.2. The molecule has 18 heavy (non-hydrogen) atoms. The predicted molar refractivity (Wildman–Crippen MR) is 68.9 cm³/mol. The van der Waals surface area contributed by atoms with Crippen molar-refractivity contribution in [1.82, 2.24) is 0 Å². The zero-order valence-corrected chi connectivity index (χ0v) is 11.8. The van der Waals surface area contributed by atoms with Gasteiger partial charge in [0, 0.05) is 18.7 Å². The van der Waals surface area contributed by atoms with Gasteiger partial charge in [-0.3, -0.25) is 0 Å². The summed E-state index contributed by atoms with van der Waals surface area (Å²) >= 11 is 1.54. The van der Waals surface area contributed by atoms with Gasteiger partial charge in [0.1, 0.15) is 5.00 Å². The van der Waals surface area contributed by atoms with E-state index in [2.05, 4.69) is 4.90 Å².